The molecule has 94 valence electrons. The Hall–Kier alpha value is -1.31. The van der Waals surface area contributed by atoms with E-state index in [0.29, 0.717) is 0 Å². The summed E-state index contributed by atoms with van der Waals surface area (Å²) in [6.45, 7) is 6.56. The Kier molecular flexibility index (Phi) is 4.73. The summed E-state index contributed by atoms with van der Waals surface area (Å²) >= 11 is 0. The summed E-state index contributed by atoms with van der Waals surface area (Å²) in [4.78, 5) is 11.3. The largest absolute Gasteiger partial charge is 0.481 e. The van der Waals surface area contributed by atoms with Crippen LogP contribution in [0.25, 0.3) is 0 Å². The van der Waals surface area contributed by atoms with Crippen LogP contribution in [0.3, 0.4) is 0 Å². The maximum absolute atomic E-state index is 11.3. The molecular formula is C15H22O2. The quantitative estimate of drug-likeness (QED) is 0.833. The van der Waals surface area contributed by atoms with E-state index in [9.17, 15) is 9.90 Å². The van der Waals surface area contributed by atoms with Crippen LogP contribution in [-0.2, 0) is 4.79 Å². The lowest BCUT2D eigenvalue weighted by Gasteiger charge is -2.19. The maximum Gasteiger partial charge on any atom is 0.310 e. The highest BCUT2D eigenvalue weighted by Crippen LogP contribution is 2.27. The van der Waals surface area contributed by atoms with E-state index in [-0.39, 0.29) is 11.3 Å². The number of carbonyl (C=O) groups is 1. The Morgan fingerprint density at radius 2 is 1.82 bits per heavy atom. The minimum atomic E-state index is -0.717. The molecule has 0 aliphatic heterocycles. The van der Waals surface area contributed by atoms with Gasteiger partial charge >= 0.3 is 5.97 Å². The number of aliphatic carboxylic acids is 1. The van der Waals surface area contributed by atoms with Crippen LogP contribution >= 0.6 is 0 Å². The third-order valence-corrected chi connectivity index (χ3v) is 2.92. The van der Waals surface area contributed by atoms with Crippen LogP contribution in [0.1, 0.15) is 51.5 Å². The predicted molar refractivity (Wildman–Crippen MR) is 70.1 cm³/mol. The van der Waals surface area contributed by atoms with E-state index in [2.05, 4.69) is 20.8 Å². The van der Waals surface area contributed by atoms with Crippen LogP contribution in [0.2, 0.25) is 0 Å². The van der Waals surface area contributed by atoms with Crippen molar-refractivity contribution in [3.63, 3.8) is 0 Å². The van der Waals surface area contributed by atoms with Gasteiger partial charge in [-0.3, -0.25) is 4.79 Å². The van der Waals surface area contributed by atoms with Crippen molar-refractivity contribution in [2.75, 3.05) is 0 Å². The molecule has 1 N–H and O–H groups in total. The Morgan fingerprint density at radius 1 is 1.24 bits per heavy atom. The summed E-state index contributed by atoms with van der Waals surface area (Å²) < 4.78 is 0. The molecule has 1 aromatic rings. The highest BCUT2D eigenvalue weighted by atomic mass is 16.4. The first-order valence-electron chi connectivity index (χ1n) is 6.18. The molecular weight excluding hydrogens is 212 g/mol. The fourth-order valence-electron chi connectivity index (χ4n) is 1.95. The molecule has 17 heavy (non-hydrogen) atoms. The molecule has 0 unspecified atom stereocenters. The first-order chi connectivity index (χ1) is 7.90. The van der Waals surface area contributed by atoms with Crippen molar-refractivity contribution < 1.29 is 9.90 Å². The summed E-state index contributed by atoms with van der Waals surface area (Å²) in [7, 11) is 0. The standard InChI is InChI=1S/C15H22O2/c1-15(2,3)11-7-10-13(14(16)17)12-8-5-4-6-9-12/h4-6,8-9,13H,7,10-11H2,1-3H3,(H,16,17)/t13-/m1/s1. The summed E-state index contributed by atoms with van der Waals surface area (Å²) in [6, 6.07) is 9.51. The van der Waals surface area contributed by atoms with E-state index in [4.69, 9.17) is 0 Å². The van der Waals surface area contributed by atoms with Gasteiger partial charge in [0.1, 0.15) is 0 Å². The lowest BCUT2D eigenvalue weighted by Crippen LogP contribution is -2.13. The second-order valence-electron chi connectivity index (χ2n) is 5.75. The molecule has 2 heteroatoms. The Labute approximate surface area is 104 Å². The highest BCUT2D eigenvalue weighted by molar-refractivity contribution is 5.75. The van der Waals surface area contributed by atoms with Crippen molar-refractivity contribution in [3.05, 3.63) is 35.9 Å². The second kappa shape index (κ2) is 5.85. The van der Waals surface area contributed by atoms with E-state index >= 15 is 0 Å². The Balaban J connectivity index is 2.60. The minimum absolute atomic E-state index is 0.278. The molecule has 0 spiro atoms. The number of carboxylic acid groups (broad SMARTS) is 1. The van der Waals surface area contributed by atoms with Crippen molar-refractivity contribution in [3.8, 4) is 0 Å². The van der Waals surface area contributed by atoms with Crippen molar-refractivity contribution >= 4 is 5.97 Å². The normalized spacial score (nSPS) is 13.4. The Morgan fingerprint density at radius 3 is 2.29 bits per heavy atom. The SMILES string of the molecule is CC(C)(C)CCC[C@@H](C(=O)O)c1ccccc1. The van der Waals surface area contributed by atoms with Crippen molar-refractivity contribution in [1.82, 2.24) is 0 Å². The molecule has 0 amide bonds. The molecule has 0 aliphatic carbocycles. The topological polar surface area (TPSA) is 37.3 Å². The van der Waals surface area contributed by atoms with Crippen LogP contribution in [0.5, 0.6) is 0 Å². The van der Waals surface area contributed by atoms with Gasteiger partial charge in [0.25, 0.3) is 0 Å². The van der Waals surface area contributed by atoms with Gasteiger partial charge in [0.2, 0.25) is 0 Å². The maximum atomic E-state index is 11.3. The van der Waals surface area contributed by atoms with Crippen LogP contribution in [-0.4, -0.2) is 11.1 Å². The molecule has 1 aromatic carbocycles. The van der Waals surface area contributed by atoms with Crippen LogP contribution in [0.4, 0.5) is 0 Å². The van der Waals surface area contributed by atoms with Gasteiger partial charge in [-0.1, -0.05) is 57.5 Å². The van der Waals surface area contributed by atoms with Gasteiger partial charge in [0.05, 0.1) is 5.92 Å². The zero-order valence-corrected chi connectivity index (χ0v) is 10.9. The summed E-state index contributed by atoms with van der Waals surface area (Å²) in [5.74, 6) is -1.08. The molecule has 0 heterocycles. The number of benzene rings is 1. The number of rotatable bonds is 5. The van der Waals surface area contributed by atoms with Gasteiger partial charge < -0.3 is 5.11 Å². The minimum Gasteiger partial charge on any atom is -0.481 e. The van der Waals surface area contributed by atoms with E-state index in [1.165, 1.54) is 0 Å². The average Bonchev–Trinajstić information content (AvgIpc) is 2.23. The predicted octanol–water partition coefficient (Wildman–Crippen LogP) is 4.07. The lowest BCUT2D eigenvalue weighted by molar-refractivity contribution is -0.139. The van der Waals surface area contributed by atoms with Crippen molar-refractivity contribution in [2.45, 2.75) is 46.0 Å². The van der Waals surface area contributed by atoms with Gasteiger partial charge in [-0.15, -0.1) is 0 Å². The molecule has 1 atom stereocenters. The molecule has 0 saturated carbocycles. The van der Waals surface area contributed by atoms with E-state index < -0.39 is 5.97 Å². The highest BCUT2D eigenvalue weighted by Gasteiger charge is 2.20. The molecule has 0 radical (unpaired) electrons. The van der Waals surface area contributed by atoms with Gasteiger partial charge in [0, 0.05) is 0 Å². The monoisotopic (exact) mass is 234 g/mol. The molecule has 0 fully saturated rings. The van der Waals surface area contributed by atoms with Crippen molar-refractivity contribution in [1.29, 1.82) is 0 Å². The van der Waals surface area contributed by atoms with E-state index in [0.717, 1.165) is 24.8 Å². The molecule has 1 rings (SSSR count). The third kappa shape index (κ3) is 5.03. The lowest BCUT2D eigenvalue weighted by atomic mass is 9.86. The zero-order chi connectivity index (χ0) is 12.9. The van der Waals surface area contributed by atoms with Crippen LogP contribution < -0.4 is 0 Å². The average molecular weight is 234 g/mol. The fraction of sp³-hybridized carbons (Fsp3) is 0.533. The third-order valence-electron chi connectivity index (χ3n) is 2.92. The van der Waals surface area contributed by atoms with Crippen molar-refractivity contribution in [2.24, 2.45) is 5.41 Å². The molecule has 2 nitrogen and oxygen atoms in total. The number of hydrogen-bond acceptors (Lipinski definition) is 1. The summed E-state index contributed by atoms with van der Waals surface area (Å²) in [6.07, 6.45) is 2.73. The number of carboxylic acids is 1. The van der Waals surface area contributed by atoms with Gasteiger partial charge in [-0.25, -0.2) is 0 Å². The fourth-order valence-corrected chi connectivity index (χ4v) is 1.95. The van der Waals surface area contributed by atoms with E-state index in [1.54, 1.807) is 0 Å². The van der Waals surface area contributed by atoms with E-state index in [1.807, 2.05) is 30.3 Å². The summed E-state index contributed by atoms with van der Waals surface area (Å²) in [5.41, 5.74) is 1.19. The van der Waals surface area contributed by atoms with Gasteiger partial charge in [-0.05, 0) is 23.8 Å². The first kappa shape index (κ1) is 13.8. The van der Waals surface area contributed by atoms with Gasteiger partial charge in [-0.2, -0.15) is 0 Å². The molecule has 0 saturated heterocycles. The molecule has 0 bridgehead atoms. The molecule has 0 aromatic heterocycles. The number of hydrogen-bond donors (Lipinski definition) is 1. The zero-order valence-electron chi connectivity index (χ0n) is 10.9. The molecule has 0 aliphatic rings. The smallest absolute Gasteiger partial charge is 0.310 e. The van der Waals surface area contributed by atoms with Gasteiger partial charge in [0.15, 0.2) is 0 Å². The van der Waals surface area contributed by atoms with Crippen LogP contribution in [0.15, 0.2) is 30.3 Å². The second-order valence-corrected chi connectivity index (χ2v) is 5.75. The van der Waals surface area contributed by atoms with Crippen LogP contribution in [0, 0.1) is 5.41 Å². The summed E-state index contributed by atoms with van der Waals surface area (Å²) in [5, 5.41) is 9.26. The Bertz CT molecular complexity index is 349. The first-order valence-corrected chi connectivity index (χ1v) is 6.18.